The highest BCUT2D eigenvalue weighted by molar-refractivity contribution is 6.53. The second-order valence-corrected chi connectivity index (χ2v) is 6.51. The SMILES string of the molecule is O=C(C(Cl)Cl)N1CCCCN(C(=O)C(Cl)Cl)CCC1. The van der Waals surface area contributed by atoms with Crippen molar-refractivity contribution in [3.05, 3.63) is 0 Å². The fourth-order valence-corrected chi connectivity index (χ4v) is 2.55. The van der Waals surface area contributed by atoms with Crippen LogP contribution < -0.4 is 0 Å². The zero-order valence-electron chi connectivity index (χ0n) is 10.3. The first-order valence-electron chi connectivity index (χ1n) is 6.07. The predicted octanol–water partition coefficient (Wildman–Crippen LogP) is 2.43. The highest BCUT2D eigenvalue weighted by Crippen LogP contribution is 2.14. The second kappa shape index (κ2) is 8.40. The minimum atomic E-state index is -1.03. The Kier molecular flexibility index (Phi) is 7.58. The Hall–Kier alpha value is 0.1000. The lowest BCUT2D eigenvalue weighted by Gasteiger charge is -2.23. The Labute approximate surface area is 132 Å². The summed E-state index contributed by atoms with van der Waals surface area (Å²) in [6.07, 6.45) is 2.22. The summed E-state index contributed by atoms with van der Waals surface area (Å²) in [5.74, 6) is -0.564. The molecular formula is C11H16Cl4N2O2. The Bertz CT molecular complexity index is 296. The molecule has 110 valence electrons. The maximum atomic E-state index is 11.7. The number of rotatable bonds is 2. The number of amides is 2. The lowest BCUT2D eigenvalue weighted by atomic mass is 10.3. The molecule has 19 heavy (non-hydrogen) atoms. The molecule has 0 spiro atoms. The number of nitrogens with zero attached hydrogens (tertiary/aromatic N) is 2. The Morgan fingerprint density at radius 1 is 0.684 bits per heavy atom. The minimum absolute atomic E-state index is 0.282. The van der Waals surface area contributed by atoms with Crippen molar-refractivity contribution in [2.45, 2.75) is 28.9 Å². The van der Waals surface area contributed by atoms with E-state index in [1.165, 1.54) is 0 Å². The summed E-state index contributed by atoms with van der Waals surface area (Å²) in [4.78, 5) is 24.7. The van der Waals surface area contributed by atoms with Crippen molar-refractivity contribution in [1.82, 2.24) is 9.80 Å². The highest BCUT2D eigenvalue weighted by Gasteiger charge is 2.24. The Balaban J connectivity index is 2.57. The summed E-state index contributed by atoms with van der Waals surface area (Å²) in [7, 11) is 0. The van der Waals surface area contributed by atoms with Crippen LogP contribution in [-0.2, 0) is 9.59 Å². The first-order chi connectivity index (χ1) is 8.93. The van der Waals surface area contributed by atoms with E-state index in [9.17, 15) is 9.59 Å². The topological polar surface area (TPSA) is 40.6 Å². The summed E-state index contributed by atoms with van der Waals surface area (Å²) in [6.45, 7) is 2.24. The molecule has 0 unspecified atom stereocenters. The molecule has 0 saturated carbocycles. The van der Waals surface area contributed by atoms with Gasteiger partial charge in [0.1, 0.15) is 0 Å². The smallest absolute Gasteiger partial charge is 0.255 e. The van der Waals surface area contributed by atoms with Crippen LogP contribution in [0.25, 0.3) is 0 Å². The number of hydrogen-bond acceptors (Lipinski definition) is 2. The van der Waals surface area contributed by atoms with E-state index in [1.54, 1.807) is 9.80 Å². The van der Waals surface area contributed by atoms with Gasteiger partial charge in [-0.05, 0) is 19.3 Å². The molecule has 0 aromatic heterocycles. The summed E-state index contributed by atoms with van der Waals surface area (Å²) >= 11 is 22.4. The van der Waals surface area contributed by atoms with Gasteiger partial charge in [0.05, 0.1) is 0 Å². The van der Waals surface area contributed by atoms with Gasteiger partial charge in [0, 0.05) is 26.2 Å². The molecule has 1 heterocycles. The molecule has 0 aliphatic carbocycles. The van der Waals surface area contributed by atoms with Crippen LogP contribution in [-0.4, -0.2) is 57.5 Å². The molecule has 0 atom stereocenters. The van der Waals surface area contributed by atoms with Crippen LogP contribution in [0.15, 0.2) is 0 Å². The van der Waals surface area contributed by atoms with Gasteiger partial charge >= 0.3 is 0 Å². The monoisotopic (exact) mass is 348 g/mol. The minimum Gasteiger partial charge on any atom is -0.340 e. The molecule has 4 nitrogen and oxygen atoms in total. The van der Waals surface area contributed by atoms with Crippen LogP contribution in [0.2, 0.25) is 0 Å². The molecule has 0 N–H and O–H groups in total. The molecule has 1 fully saturated rings. The average molecular weight is 350 g/mol. The van der Waals surface area contributed by atoms with Gasteiger partial charge in [-0.2, -0.15) is 0 Å². The van der Waals surface area contributed by atoms with E-state index in [0.717, 1.165) is 12.8 Å². The second-order valence-electron chi connectivity index (χ2n) is 4.31. The highest BCUT2D eigenvalue weighted by atomic mass is 35.5. The standard InChI is InChI=1S/C11H16Cl4N2O2/c12-8(13)10(18)16-4-1-2-5-17(7-3-6-16)11(19)9(14)15/h8-9H,1-7H2. The van der Waals surface area contributed by atoms with Crippen molar-refractivity contribution in [2.24, 2.45) is 0 Å². The first-order valence-corrected chi connectivity index (χ1v) is 7.82. The predicted molar refractivity (Wildman–Crippen MR) is 78.0 cm³/mol. The third-order valence-electron chi connectivity index (χ3n) is 2.96. The van der Waals surface area contributed by atoms with Crippen LogP contribution in [0.4, 0.5) is 0 Å². The van der Waals surface area contributed by atoms with Crippen molar-refractivity contribution in [3.8, 4) is 0 Å². The maximum absolute atomic E-state index is 11.7. The van der Waals surface area contributed by atoms with Gasteiger partial charge in [-0.15, -0.1) is 0 Å². The Morgan fingerprint density at radius 2 is 1.00 bits per heavy atom. The van der Waals surface area contributed by atoms with Crippen molar-refractivity contribution in [1.29, 1.82) is 0 Å². The van der Waals surface area contributed by atoms with Gasteiger partial charge in [-0.3, -0.25) is 9.59 Å². The third-order valence-corrected chi connectivity index (χ3v) is 3.71. The fourth-order valence-electron chi connectivity index (χ4n) is 2.00. The average Bonchev–Trinajstić information content (AvgIpc) is 2.48. The molecule has 0 aromatic rings. The molecule has 1 saturated heterocycles. The third kappa shape index (κ3) is 5.54. The van der Waals surface area contributed by atoms with Crippen LogP contribution in [0.5, 0.6) is 0 Å². The fraction of sp³-hybridized carbons (Fsp3) is 0.818. The van der Waals surface area contributed by atoms with E-state index in [-0.39, 0.29) is 11.8 Å². The van der Waals surface area contributed by atoms with Crippen molar-refractivity contribution in [2.75, 3.05) is 26.2 Å². The number of alkyl halides is 4. The van der Waals surface area contributed by atoms with E-state index >= 15 is 0 Å². The largest absolute Gasteiger partial charge is 0.340 e. The number of halogens is 4. The first kappa shape index (κ1) is 17.2. The molecule has 1 aliphatic heterocycles. The van der Waals surface area contributed by atoms with Gasteiger partial charge in [-0.25, -0.2) is 0 Å². The molecule has 0 aromatic carbocycles. The molecule has 8 heteroatoms. The van der Waals surface area contributed by atoms with Gasteiger partial charge in [-0.1, -0.05) is 46.4 Å². The summed E-state index contributed by atoms with van der Waals surface area (Å²) < 4.78 is 0. The van der Waals surface area contributed by atoms with Gasteiger partial charge in [0.15, 0.2) is 9.67 Å². The van der Waals surface area contributed by atoms with Gasteiger partial charge in [0.25, 0.3) is 11.8 Å². The van der Waals surface area contributed by atoms with Crippen molar-refractivity contribution >= 4 is 58.2 Å². The van der Waals surface area contributed by atoms with E-state index in [2.05, 4.69) is 0 Å². The lowest BCUT2D eigenvalue weighted by molar-refractivity contribution is -0.129. The van der Waals surface area contributed by atoms with Gasteiger partial charge in [0.2, 0.25) is 0 Å². The maximum Gasteiger partial charge on any atom is 0.255 e. The molecular weight excluding hydrogens is 334 g/mol. The summed E-state index contributed by atoms with van der Waals surface area (Å²) in [5.41, 5.74) is 0. The van der Waals surface area contributed by atoms with Crippen LogP contribution in [0.3, 0.4) is 0 Å². The molecule has 2 amide bonds. The van der Waals surface area contributed by atoms with E-state index in [4.69, 9.17) is 46.4 Å². The quantitative estimate of drug-likeness (QED) is 0.718. The van der Waals surface area contributed by atoms with E-state index in [0.29, 0.717) is 32.6 Å². The molecule has 1 rings (SSSR count). The van der Waals surface area contributed by atoms with Crippen molar-refractivity contribution in [3.63, 3.8) is 0 Å². The number of carbonyl (C=O) groups is 2. The van der Waals surface area contributed by atoms with Crippen LogP contribution in [0.1, 0.15) is 19.3 Å². The number of carbonyl (C=O) groups excluding carboxylic acids is 2. The van der Waals surface area contributed by atoms with Gasteiger partial charge < -0.3 is 9.80 Å². The Morgan fingerprint density at radius 3 is 1.32 bits per heavy atom. The zero-order chi connectivity index (χ0) is 14.4. The van der Waals surface area contributed by atoms with Crippen molar-refractivity contribution < 1.29 is 9.59 Å². The lowest BCUT2D eigenvalue weighted by Crippen LogP contribution is -2.38. The number of hydrogen-bond donors (Lipinski definition) is 0. The molecule has 0 bridgehead atoms. The zero-order valence-corrected chi connectivity index (χ0v) is 13.4. The summed E-state index contributed by atoms with van der Waals surface area (Å²) in [6, 6.07) is 0. The normalized spacial score (nSPS) is 18.2. The van der Waals surface area contributed by atoms with E-state index in [1.807, 2.05) is 0 Å². The molecule has 1 aliphatic rings. The van der Waals surface area contributed by atoms with E-state index < -0.39 is 9.67 Å². The van der Waals surface area contributed by atoms with Crippen LogP contribution >= 0.6 is 46.4 Å². The summed E-state index contributed by atoms with van der Waals surface area (Å²) in [5, 5.41) is 0. The van der Waals surface area contributed by atoms with Crippen LogP contribution in [0, 0.1) is 0 Å². The molecule has 0 radical (unpaired) electrons.